The van der Waals surface area contributed by atoms with Crippen LogP contribution in [0.5, 0.6) is 0 Å². The quantitative estimate of drug-likeness (QED) is 0.832. The van der Waals surface area contributed by atoms with E-state index in [0.29, 0.717) is 24.4 Å². The summed E-state index contributed by atoms with van der Waals surface area (Å²) in [5.41, 5.74) is 7.90. The van der Waals surface area contributed by atoms with Gasteiger partial charge in [0, 0.05) is 12.6 Å². The highest BCUT2D eigenvalue weighted by atomic mass is 16.1. The third-order valence-corrected chi connectivity index (χ3v) is 2.56. The van der Waals surface area contributed by atoms with Crippen LogP contribution in [0.2, 0.25) is 0 Å². The maximum atomic E-state index is 11.9. The number of benzene rings is 1. The minimum absolute atomic E-state index is 0.117. The van der Waals surface area contributed by atoms with Gasteiger partial charge >= 0.3 is 0 Å². The van der Waals surface area contributed by atoms with Crippen molar-refractivity contribution in [2.45, 2.75) is 13.3 Å². The number of rotatable bonds is 3. The predicted octanol–water partition coefficient (Wildman–Crippen LogP) is 1.25. The van der Waals surface area contributed by atoms with Gasteiger partial charge in [0.05, 0.1) is 5.56 Å². The van der Waals surface area contributed by atoms with Crippen molar-refractivity contribution in [2.75, 3.05) is 6.54 Å². The highest BCUT2D eigenvalue weighted by molar-refractivity contribution is 5.62. The van der Waals surface area contributed by atoms with E-state index >= 15 is 0 Å². The molecular weight excluding hydrogens is 214 g/mol. The van der Waals surface area contributed by atoms with E-state index in [0.717, 1.165) is 11.1 Å². The summed E-state index contributed by atoms with van der Waals surface area (Å²) in [6.45, 7) is 2.47. The number of nitrogens with zero attached hydrogens (tertiary/aromatic N) is 1. The van der Waals surface area contributed by atoms with Gasteiger partial charge in [-0.15, -0.1) is 0 Å². The molecule has 88 valence electrons. The zero-order valence-corrected chi connectivity index (χ0v) is 9.73. The van der Waals surface area contributed by atoms with Gasteiger partial charge in [-0.1, -0.05) is 29.8 Å². The molecule has 0 fully saturated rings. The highest BCUT2D eigenvalue weighted by Crippen LogP contribution is 2.15. The van der Waals surface area contributed by atoms with Crippen molar-refractivity contribution in [3.63, 3.8) is 0 Å². The van der Waals surface area contributed by atoms with Gasteiger partial charge in [-0.25, -0.2) is 4.98 Å². The summed E-state index contributed by atoms with van der Waals surface area (Å²) >= 11 is 0. The van der Waals surface area contributed by atoms with Crippen molar-refractivity contribution in [1.29, 1.82) is 0 Å². The number of aromatic nitrogens is 2. The van der Waals surface area contributed by atoms with Gasteiger partial charge in [0.15, 0.2) is 0 Å². The van der Waals surface area contributed by atoms with E-state index in [-0.39, 0.29) is 5.56 Å². The lowest BCUT2D eigenvalue weighted by atomic mass is 10.1. The first-order valence-corrected chi connectivity index (χ1v) is 5.56. The van der Waals surface area contributed by atoms with Crippen LogP contribution in [0.25, 0.3) is 11.1 Å². The Bertz CT molecular complexity index is 575. The van der Waals surface area contributed by atoms with Gasteiger partial charge < -0.3 is 10.7 Å². The van der Waals surface area contributed by atoms with Gasteiger partial charge in [-0.2, -0.15) is 0 Å². The van der Waals surface area contributed by atoms with Crippen LogP contribution in [0.4, 0.5) is 0 Å². The summed E-state index contributed by atoms with van der Waals surface area (Å²) in [6.07, 6.45) is 2.20. The number of nitrogens with one attached hydrogen (secondary N) is 1. The normalized spacial score (nSPS) is 10.5. The Morgan fingerprint density at radius 1 is 1.41 bits per heavy atom. The third kappa shape index (κ3) is 2.60. The lowest BCUT2D eigenvalue weighted by molar-refractivity contribution is 0.857. The van der Waals surface area contributed by atoms with Crippen molar-refractivity contribution in [2.24, 2.45) is 5.73 Å². The smallest absolute Gasteiger partial charge is 0.258 e. The molecule has 2 rings (SSSR count). The Kier molecular flexibility index (Phi) is 3.35. The SMILES string of the molecule is Cc1cccc(-c2cnc(CCN)[nH]c2=O)c1. The molecule has 17 heavy (non-hydrogen) atoms. The second-order valence-corrected chi connectivity index (χ2v) is 3.98. The Hall–Kier alpha value is -1.94. The molecule has 0 saturated carbocycles. The molecule has 4 nitrogen and oxygen atoms in total. The second-order valence-electron chi connectivity index (χ2n) is 3.98. The summed E-state index contributed by atoms with van der Waals surface area (Å²) in [5, 5.41) is 0. The number of hydrogen-bond acceptors (Lipinski definition) is 3. The topological polar surface area (TPSA) is 71.8 Å². The molecule has 0 aliphatic rings. The molecule has 0 atom stereocenters. The number of nitrogens with two attached hydrogens (primary N) is 1. The zero-order chi connectivity index (χ0) is 12.3. The summed E-state index contributed by atoms with van der Waals surface area (Å²) in [7, 11) is 0. The number of hydrogen-bond donors (Lipinski definition) is 2. The fraction of sp³-hybridized carbons (Fsp3) is 0.231. The predicted molar refractivity (Wildman–Crippen MR) is 67.8 cm³/mol. The van der Waals surface area contributed by atoms with Crippen LogP contribution in [0.3, 0.4) is 0 Å². The van der Waals surface area contributed by atoms with Crippen LogP contribution in [-0.2, 0) is 6.42 Å². The summed E-state index contributed by atoms with van der Waals surface area (Å²) < 4.78 is 0. The van der Waals surface area contributed by atoms with E-state index < -0.39 is 0 Å². The van der Waals surface area contributed by atoms with E-state index in [4.69, 9.17) is 5.73 Å². The van der Waals surface area contributed by atoms with Crippen molar-refractivity contribution in [3.05, 3.63) is 52.2 Å². The average molecular weight is 229 g/mol. The third-order valence-electron chi connectivity index (χ3n) is 2.56. The van der Waals surface area contributed by atoms with Crippen LogP contribution < -0.4 is 11.3 Å². The lowest BCUT2D eigenvalue weighted by Gasteiger charge is -2.03. The molecule has 2 aromatic rings. The summed E-state index contributed by atoms with van der Waals surface area (Å²) in [6, 6.07) is 7.79. The van der Waals surface area contributed by atoms with Crippen LogP contribution in [0.1, 0.15) is 11.4 Å². The van der Waals surface area contributed by atoms with Crippen molar-refractivity contribution in [1.82, 2.24) is 9.97 Å². The van der Waals surface area contributed by atoms with Crippen LogP contribution in [-0.4, -0.2) is 16.5 Å². The maximum absolute atomic E-state index is 11.9. The van der Waals surface area contributed by atoms with E-state index in [9.17, 15) is 4.79 Å². The molecule has 0 unspecified atom stereocenters. The minimum atomic E-state index is -0.117. The number of H-pyrrole nitrogens is 1. The van der Waals surface area contributed by atoms with Crippen molar-refractivity contribution >= 4 is 0 Å². The molecule has 1 heterocycles. The molecular formula is C13H15N3O. The Morgan fingerprint density at radius 2 is 2.24 bits per heavy atom. The highest BCUT2D eigenvalue weighted by Gasteiger charge is 2.05. The molecule has 0 radical (unpaired) electrons. The van der Waals surface area contributed by atoms with Gasteiger partial charge in [-0.3, -0.25) is 4.79 Å². The van der Waals surface area contributed by atoms with Crippen LogP contribution in [0.15, 0.2) is 35.3 Å². The zero-order valence-electron chi connectivity index (χ0n) is 9.73. The van der Waals surface area contributed by atoms with Crippen molar-refractivity contribution < 1.29 is 0 Å². The van der Waals surface area contributed by atoms with Gasteiger partial charge in [0.25, 0.3) is 5.56 Å². The molecule has 0 amide bonds. The molecule has 3 N–H and O–H groups in total. The Balaban J connectivity index is 2.43. The standard InChI is InChI=1S/C13H15N3O/c1-9-3-2-4-10(7-9)11-8-15-12(5-6-14)16-13(11)17/h2-4,7-8H,5-6,14H2,1H3,(H,15,16,17). The van der Waals surface area contributed by atoms with Gasteiger partial charge in [0.1, 0.15) is 5.82 Å². The van der Waals surface area contributed by atoms with Crippen molar-refractivity contribution in [3.8, 4) is 11.1 Å². The average Bonchev–Trinajstić information content (AvgIpc) is 2.29. The molecule has 4 heteroatoms. The lowest BCUT2D eigenvalue weighted by Crippen LogP contribution is -2.16. The van der Waals surface area contributed by atoms with E-state index in [2.05, 4.69) is 9.97 Å². The van der Waals surface area contributed by atoms with Gasteiger partial charge in [-0.05, 0) is 19.0 Å². The first-order valence-electron chi connectivity index (χ1n) is 5.56. The Morgan fingerprint density at radius 3 is 2.88 bits per heavy atom. The number of aryl methyl sites for hydroxylation is 1. The van der Waals surface area contributed by atoms with E-state index in [1.807, 2.05) is 31.2 Å². The molecule has 1 aromatic carbocycles. The first kappa shape index (κ1) is 11.5. The fourth-order valence-corrected chi connectivity index (χ4v) is 1.71. The number of aromatic amines is 1. The van der Waals surface area contributed by atoms with E-state index in [1.54, 1.807) is 6.20 Å². The molecule has 0 saturated heterocycles. The largest absolute Gasteiger partial charge is 0.330 e. The summed E-state index contributed by atoms with van der Waals surface area (Å²) in [4.78, 5) is 18.8. The fourth-order valence-electron chi connectivity index (χ4n) is 1.71. The molecule has 0 aliphatic carbocycles. The van der Waals surface area contributed by atoms with Crippen LogP contribution in [0, 0.1) is 6.92 Å². The molecule has 0 bridgehead atoms. The Labute approximate surface area is 99.5 Å². The molecule has 0 aliphatic heterocycles. The summed E-state index contributed by atoms with van der Waals surface area (Å²) in [5.74, 6) is 0.633. The molecule has 1 aromatic heterocycles. The van der Waals surface area contributed by atoms with Crippen LogP contribution >= 0.6 is 0 Å². The van der Waals surface area contributed by atoms with Gasteiger partial charge in [0.2, 0.25) is 0 Å². The maximum Gasteiger partial charge on any atom is 0.258 e. The minimum Gasteiger partial charge on any atom is -0.330 e. The second kappa shape index (κ2) is 4.93. The molecule has 0 spiro atoms. The first-order chi connectivity index (χ1) is 8.20. The monoisotopic (exact) mass is 229 g/mol. The van der Waals surface area contributed by atoms with E-state index in [1.165, 1.54) is 0 Å².